The molecule has 0 radical (unpaired) electrons. The van der Waals surface area contributed by atoms with Crippen molar-refractivity contribution in [1.82, 2.24) is 16.0 Å². The van der Waals surface area contributed by atoms with Gasteiger partial charge in [-0.1, -0.05) is 0 Å². The molecule has 158 valence electrons. The molecule has 0 saturated heterocycles. The summed E-state index contributed by atoms with van der Waals surface area (Å²) in [6.07, 6.45) is -1.55. The summed E-state index contributed by atoms with van der Waals surface area (Å²) in [5.41, 5.74) is 5.38. The Morgan fingerprint density at radius 2 is 1.50 bits per heavy atom. The van der Waals surface area contributed by atoms with Gasteiger partial charge in [0.2, 0.25) is 17.7 Å². The Kier molecular flexibility index (Phi) is 11.2. The van der Waals surface area contributed by atoms with Crippen LogP contribution in [-0.2, 0) is 28.8 Å². The topological polar surface area (TPSA) is 225 Å². The summed E-state index contributed by atoms with van der Waals surface area (Å²) in [5, 5.41) is 32.5. The van der Waals surface area contributed by atoms with Crippen LogP contribution in [-0.4, -0.2) is 81.4 Å². The lowest BCUT2D eigenvalue weighted by Gasteiger charge is -2.20. The van der Waals surface area contributed by atoms with Gasteiger partial charge in [0.05, 0.1) is 19.0 Å². The number of thiol groups is 1. The van der Waals surface area contributed by atoms with E-state index < -0.39 is 73.1 Å². The molecule has 0 aliphatic rings. The first-order valence-electron chi connectivity index (χ1n) is 7.88. The Labute approximate surface area is 164 Å². The Bertz CT molecular complexity index is 628. The largest absolute Gasteiger partial charge is 0.481 e. The van der Waals surface area contributed by atoms with Crippen LogP contribution in [0, 0.1) is 0 Å². The number of hydrogen-bond donors (Lipinski definition) is 8. The monoisotopic (exact) mass is 422 g/mol. The molecule has 0 fully saturated rings. The molecule has 0 aliphatic heterocycles. The number of aliphatic carboxylic acids is 3. The van der Waals surface area contributed by atoms with E-state index in [2.05, 4.69) is 28.6 Å². The van der Waals surface area contributed by atoms with Crippen molar-refractivity contribution in [3.8, 4) is 0 Å². The highest BCUT2D eigenvalue weighted by Crippen LogP contribution is 2.00. The van der Waals surface area contributed by atoms with Crippen molar-refractivity contribution in [2.45, 2.75) is 37.4 Å². The van der Waals surface area contributed by atoms with E-state index in [1.807, 2.05) is 0 Å². The first kappa shape index (κ1) is 25.1. The smallest absolute Gasteiger partial charge is 0.327 e. The van der Waals surface area contributed by atoms with E-state index in [-0.39, 0.29) is 12.2 Å². The summed E-state index contributed by atoms with van der Waals surface area (Å²) in [6, 6.07) is -4.13. The van der Waals surface area contributed by atoms with Crippen LogP contribution in [0.1, 0.15) is 19.3 Å². The number of nitrogens with two attached hydrogens (primary N) is 1. The summed E-state index contributed by atoms with van der Waals surface area (Å²) in [5.74, 6) is -6.87. The standard InChI is InChI=1S/C14H22N4O9S/c15-6(3-11(22)23)12(24)18-7(1-2-10(20)21)13(25)16-4-9(19)17-8(5-28)14(26)27/h6-8,28H,1-5,15H2,(H,16,25)(H,17,19)(H,18,24)(H,20,21)(H,22,23)(H,26,27). The van der Waals surface area contributed by atoms with Gasteiger partial charge in [-0.2, -0.15) is 12.6 Å². The second-order valence-corrected chi connectivity index (χ2v) is 5.92. The third kappa shape index (κ3) is 10.3. The molecule has 0 heterocycles. The number of nitrogens with one attached hydrogen (secondary N) is 3. The van der Waals surface area contributed by atoms with E-state index in [4.69, 9.17) is 21.1 Å². The van der Waals surface area contributed by atoms with E-state index >= 15 is 0 Å². The van der Waals surface area contributed by atoms with E-state index in [0.29, 0.717) is 0 Å². The lowest BCUT2D eigenvalue weighted by Crippen LogP contribution is -2.54. The van der Waals surface area contributed by atoms with Gasteiger partial charge < -0.3 is 37.0 Å². The van der Waals surface area contributed by atoms with Crippen molar-refractivity contribution in [1.29, 1.82) is 0 Å². The van der Waals surface area contributed by atoms with E-state index in [1.165, 1.54) is 0 Å². The van der Waals surface area contributed by atoms with Crippen LogP contribution in [0.3, 0.4) is 0 Å². The van der Waals surface area contributed by atoms with Crippen LogP contribution < -0.4 is 21.7 Å². The zero-order chi connectivity index (χ0) is 21.9. The van der Waals surface area contributed by atoms with Gasteiger partial charge in [0.25, 0.3) is 0 Å². The summed E-state index contributed by atoms with van der Waals surface area (Å²) in [7, 11) is 0. The SMILES string of the molecule is NC(CC(=O)O)C(=O)NC(CCC(=O)O)C(=O)NCC(=O)NC(CS)C(=O)O. The van der Waals surface area contributed by atoms with E-state index in [0.717, 1.165) is 0 Å². The molecule has 0 aromatic heterocycles. The van der Waals surface area contributed by atoms with Gasteiger partial charge in [0.1, 0.15) is 12.1 Å². The first-order valence-corrected chi connectivity index (χ1v) is 8.51. The lowest BCUT2D eigenvalue weighted by atomic mass is 10.1. The van der Waals surface area contributed by atoms with Crippen molar-refractivity contribution >= 4 is 48.3 Å². The molecule has 13 nitrogen and oxygen atoms in total. The van der Waals surface area contributed by atoms with Crippen LogP contribution in [0.15, 0.2) is 0 Å². The van der Waals surface area contributed by atoms with Gasteiger partial charge in [-0.3, -0.25) is 24.0 Å². The van der Waals surface area contributed by atoms with Crippen molar-refractivity contribution < 1.29 is 44.1 Å². The van der Waals surface area contributed by atoms with Gasteiger partial charge in [-0.05, 0) is 6.42 Å². The van der Waals surface area contributed by atoms with E-state index in [1.54, 1.807) is 0 Å². The van der Waals surface area contributed by atoms with Gasteiger partial charge >= 0.3 is 17.9 Å². The number of amides is 3. The number of rotatable bonds is 13. The zero-order valence-electron chi connectivity index (χ0n) is 14.6. The average molecular weight is 422 g/mol. The minimum absolute atomic E-state index is 0.187. The van der Waals surface area contributed by atoms with Gasteiger partial charge in [-0.25, -0.2) is 4.79 Å². The second kappa shape index (κ2) is 12.5. The molecule has 0 aromatic carbocycles. The maximum atomic E-state index is 12.1. The molecular formula is C14H22N4O9S. The van der Waals surface area contributed by atoms with Crippen molar-refractivity contribution in [2.75, 3.05) is 12.3 Å². The van der Waals surface area contributed by atoms with Crippen molar-refractivity contribution in [3.05, 3.63) is 0 Å². The van der Waals surface area contributed by atoms with Crippen LogP contribution in [0.25, 0.3) is 0 Å². The average Bonchev–Trinajstić information content (AvgIpc) is 2.59. The maximum Gasteiger partial charge on any atom is 0.327 e. The van der Waals surface area contributed by atoms with Crippen LogP contribution >= 0.6 is 12.6 Å². The second-order valence-electron chi connectivity index (χ2n) is 5.56. The number of carbonyl (C=O) groups excluding carboxylic acids is 3. The van der Waals surface area contributed by atoms with Gasteiger partial charge in [-0.15, -0.1) is 0 Å². The predicted octanol–water partition coefficient (Wildman–Crippen LogP) is -3.25. The highest BCUT2D eigenvalue weighted by atomic mass is 32.1. The predicted molar refractivity (Wildman–Crippen MR) is 95.5 cm³/mol. The van der Waals surface area contributed by atoms with E-state index in [9.17, 15) is 28.8 Å². The number of hydrogen-bond acceptors (Lipinski definition) is 8. The third-order valence-corrected chi connectivity index (χ3v) is 3.62. The molecule has 0 bridgehead atoms. The quantitative estimate of drug-likeness (QED) is 0.138. The number of carbonyl (C=O) groups is 6. The molecule has 0 saturated carbocycles. The van der Waals surface area contributed by atoms with Crippen LogP contribution in [0.5, 0.6) is 0 Å². The highest BCUT2D eigenvalue weighted by Gasteiger charge is 2.26. The summed E-state index contributed by atoms with van der Waals surface area (Å²) >= 11 is 3.76. The maximum absolute atomic E-state index is 12.1. The minimum atomic E-state index is -1.47. The molecule has 0 aliphatic carbocycles. The normalized spacial score (nSPS) is 13.5. The summed E-state index contributed by atoms with van der Waals surface area (Å²) < 4.78 is 0. The minimum Gasteiger partial charge on any atom is -0.481 e. The molecule has 8 N–H and O–H groups in total. The molecule has 3 unspecified atom stereocenters. The molecule has 3 amide bonds. The molecular weight excluding hydrogens is 400 g/mol. The molecule has 28 heavy (non-hydrogen) atoms. The molecule has 0 aromatic rings. The Hall–Kier alpha value is -2.87. The number of carboxylic acids is 3. The van der Waals surface area contributed by atoms with Gasteiger partial charge in [0, 0.05) is 12.2 Å². The highest BCUT2D eigenvalue weighted by molar-refractivity contribution is 7.80. The molecule has 3 atom stereocenters. The van der Waals surface area contributed by atoms with Crippen molar-refractivity contribution in [2.24, 2.45) is 5.73 Å². The third-order valence-electron chi connectivity index (χ3n) is 3.25. The Morgan fingerprint density at radius 1 is 0.893 bits per heavy atom. The molecule has 0 spiro atoms. The molecule has 0 rings (SSSR count). The fourth-order valence-corrected chi connectivity index (χ4v) is 2.07. The zero-order valence-corrected chi connectivity index (χ0v) is 15.5. The fraction of sp³-hybridized carbons (Fsp3) is 0.571. The first-order chi connectivity index (χ1) is 13.0. The Balaban J connectivity index is 4.86. The van der Waals surface area contributed by atoms with Crippen LogP contribution in [0.4, 0.5) is 0 Å². The fourth-order valence-electron chi connectivity index (χ4n) is 1.82. The summed E-state index contributed by atoms with van der Waals surface area (Å²) in [4.78, 5) is 67.8. The molecule has 14 heteroatoms. The van der Waals surface area contributed by atoms with Gasteiger partial charge in [0.15, 0.2) is 0 Å². The Morgan fingerprint density at radius 3 is 1.96 bits per heavy atom. The summed E-state index contributed by atoms with van der Waals surface area (Å²) in [6.45, 7) is -0.642. The van der Waals surface area contributed by atoms with Crippen molar-refractivity contribution in [3.63, 3.8) is 0 Å². The van der Waals surface area contributed by atoms with Crippen LogP contribution in [0.2, 0.25) is 0 Å². The lowest BCUT2D eigenvalue weighted by molar-refractivity contribution is -0.141. The number of carboxylic acid groups (broad SMARTS) is 3.